The summed E-state index contributed by atoms with van der Waals surface area (Å²) in [7, 11) is 0. The van der Waals surface area contributed by atoms with Crippen LogP contribution in [0.5, 0.6) is 0 Å². The molecule has 0 bridgehead atoms. The fourth-order valence-electron chi connectivity index (χ4n) is 5.56. The summed E-state index contributed by atoms with van der Waals surface area (Å²) in [6.07, 6.45) is 4.42. The van der Waals surface area contributed by atoms with E-state index in [1.54, 1.807) is 30.0 Å². The van der Waals surface area contributed by atoms with Crippen molar-refractivity contribution in [1.82, 2.24) is 24.4 Å². The summed E-state index contributed by atoms with van der Waals surface area (Å²) >= 11 is 6.89. The van der Waals surface area contributed by atoms with E-state index in [9.17, 15) is 18.4 Å². The standard InChI is InChI=1S/C32H31ClF2N6O2/c1-5-21-9-7-8-10-23(21)28-25(33)15-24-30(40-14-13-39(18-20(40)4)26(42)6-2)38-32(43)41(31(24)37-28)29-19(3)11-12-36-27(29)22(16-34)17-35/h5-12,15,20,22H,1-2,13-14,16-18H2,3-4H3/t20-/m0/s1. The number of fused-ring (bicyclic) bond motifs is 1. The highest BCUT2D eigenvalue weighted by molar-refractivity contribution is 6.34. The maximum absolute atomic E-state index is 14.0. The number of carbonyl (C=O) groups excluding carboxylic acids is 1. The first-order valence-corrected chi connectivity index (χ1v) is 14.2. The van der Waals surface area contributed by atoms with Gasteiger partial charge in [-0.25, -0.2) is 14.3 Å². The monoisotopic (exact) mass is 604 g/mol. The second-order valence-electron chi connectivity index (χ2n) is 10.4. The summed E-state index contributed by atoms with van der Waals surface area (Å²) in [4.78, 5) is 43.7. The second-order valence-corrected chi connectivity index (χ2v) is 10.8. The first kappa shape index (κ1) is 30.0. The Hall–Kier alpha value is -4.44. The van der Waals surface area contributed by atoms with Gasteiger partial charge in [-0.3, -0.25) is 18.6 Å². The molecule has 0 saturated carbocycles. The molecule has 0 N–H and O–H groups in total. The zero-order valence-electron chi connectivity index (χ0n) is 23.9. The van der Waals surface area contributed by atoms with Crippen LogP contribution in [0.1, 0.15) is 29.7 Å². The normalized spacial score (nSPS) is 15.3. The summed E-state index contributed by atoms with van der Waals surface area (Å²) in [6.45, 7) is 10.3. The minimum absolute atomic E-state index is 0.0951. The minimum Gasteiger partial charge on any atom is -0.350 e. The van der Waals surface area contributed by atoms with E-state index in [1.807, 2.05) is 36.1 Å². The Labute approximate surface area is 253 Å². The lowest BCUT2D eigenvalue weighted by atomic mass is 10.0. The van der Waals surface area contributed by atoms with Gasteiger partial charge >= 0.3 is 5.69 Å². The number of pyridine rings is 2. The maximum atomic E-state index is 14.0. The molecule has 1 fully saturated rings. The molecule has 0 unspecified atom stereocenters. The number of piperazine rings is 1. The number of anilines is 1. The third-order valence-corrected chi connectivity index (χ3v) is 8.05. The maximum Gasteiger partial charge on any atom is 0.355 e. The Morgan fingerprint density at radius 3 is 2.58 bits per heavy atom. The summed E-state index contributed by atoms with van der Waals surface area (Å²) in [5, 5.41) is 0.780. The van der Waals surface area contributed by atoms with Gasteiger partial charge in [0.05, 0.1) is 33.4 Å². The Bertz CT molecular complexity index is 1790. The van der Waals surface area contributed by atoms with E-state index in [-0.39, 0.29) is 29.0 Å². The van der Waals surface area contributed by atoms with Crippen molar-refractivity contribution in [3.05, 3.63) is 94.2 Å². The van der Waals surface area contributed by atoms with Gasteiger partial charge in [-0.05, 0) is 43.2 Å². The highest BCUT2D eigenvalue weighted by atomic mass is 35.5. The fourth-order valence-corrected chi connectivity index (χ4v) is 5.81. The summed E-state index contributed by atoms with van der Waals surface area (Å²) in [6, 6.07) is 10.6. The summed E-state index contributed by atoms with van der Waals surface area (Å²) in [5.74, 6) is -1.01. The smallest absolute Gasteiger partial charge is 0.350 e. The van der Waals surface area contributed by atoms with Crippen LogP contribution in [-0.2, 0) is 4.79 Å². The Morgan fingerprint density at radius 1 is 1.16 bits per heavy atom. The zero-order valence-corrected chi connectivity index (χ0v) is 24.7. The van der Waals surface area contributed by atoms with E-state index in [2.05, 4.69) is 23.1 Å². The molecule has 222 valence electrons. The molecule has 1 saturated heterocycles. The van der Waals surface area contributed by atoms with Crippen LogP contribution in [0.4, 0.5) is 14.6 Å². The first-order valence-electron chi connectivity index (χ1n) is 13.8. The molecule has 1 amide bonds. The number of nitrogens with zero attached hydrogens (tertiary/aromatic N) is 6. The topological polar surface area (TPSA) is 84.2 Å². The van der Waals surface area contributed by atoms with Crippen LogP contribution in [-0.4, -0.2) is 69.4 Å². The average molecular weight is 605 g/mol. The lowest BCUT2D eigenvalue weighted by Gasteiger charge is -2.40. The largest absolute Gasteiger partial charge is 0.355 e. The molecule has 1 aliphatic rings. The lowest BCUT2D eigenvalue weighted by Crippen LogP contribution is -2.54. The van der Waals surface area contributed by atoms with E-state index in [4.69, 9.17) is 16.6 Å². The summed E-state index contributed by atoms with van der Waals surface area (Å²) < 4.78 is 29.3. The van der Waals surface area contributed by atoms with Gasteiger partial charge in [-0.15, -0.1) is 0 Å². The summed E-state index contributed by atoms with van der Waals surface area (Å²) in [5.41, 5.74) is 2.29. The first-order chi connectivity index (χ1) is 20.7. The zero-order chi connectivity index (χ0) is 30.8. The van der Waals surface area contributed by atoms with E-state index < -0.39 is 25.0 Å². The Balaban J connectivity index is 1.83. The van der Waals surface area contributed by atoms with Crippen molar-refractivity contribution in [2.45, 2.75) is 25.8 Å². The highest BCUT2D eigenvalue weighted by Crippen LogP contribution is 2.36. The van der Waals surface area contributed by atoms with Crippen LogP contribution >= 0.6 is 11.6 Å². The van der Waals surface area contributed by atoms with E-state index >= 15 is 0 Å². The number of alkyl halides is 2. The molecule has 11 heteroatoms. The van der Waals surface area contributed by atoms with Crippen molar-refractivity contribution in [2.24, 2.45) is 0 Å². The van der Waals surface area contributed by atoms with Crippen molar-refractivity contribution >= 4 is 40.4 Å². The average Bonchev–Trinajstić information content (AvgIpc) is 3.01. The minimum atomic E-state index is -1.18. The van der Waals surface area contributed by atoms with Crippen LogP contribution in [0.15, 0.2) is 66.6 Å². The molecule has 1 atom stereocenters. The van der Waals surface area contributed by atoms with Gasteiger partial charge in [0, 0.05) is 37.4 Å². The van der Waals surface area contributed by atoms with Crippen molar-refractivity contribution in [3.63, 3.8) is 0 Å². The molecule has 4 aromatic rings. The van der Waals surface area contributed by atoms with Crippen LogP contribution < -0.4 is 10.6 Å². The van der Waals surface area contributed by atoms with Gasteiger partial charge in [0.1, 0.15) is 19.2 Å². The van der Waals surface area contributed by atoms with E-state index in [0.29, 0.717) is 52.7 Å². The molecule has 0 spiro atoms. The number of hydrogen-bond acceptors (Lipinski definition) is 6. The number of rotatable bonds is 8. The van der Waals surface area contributed by atoms with Gasteiger partial charge in [-0.2, -0.15) is 4.98 Å². The quantitative estimate of drug-likeness (QED) is 0.240. The molecule has 5 rings (SSSR count). The van der Waals surface area contributed by atoms with E-state index in [0.717, 1.165) is 5.56 Å². The van der Waals surface area contributed by atoms with Gasteiger partial charge in [0.15, 0.2) is 5.65 Å². The van der Waals surface area contributed by atoms with Gasteiger partial charge in [-0.1, -0.05) is 55.1 Å². The number of halogens is 3. The third kappa shape index (κ3) is 5.43. The van der Waals surface area contributed by atoms with Crippen molar-refractivity contribution in [3.8, 4) is 16.9 Å². The number of benzene rings is 1. The van der Waals surface area contributed by atoms with Gasteiger partial charge in [0.2, 0.25) is 5.91 Å². The predicted octanol–water partition coefficient (Wildman–Crippen LogP) is 5.69. The number of aromatic nitrogens is 4. The van der Waals surface area contributed by atoms with Gasteiger partial charge in [0.25, 0.3) is 0 Å². The molecule has 4 heterocycles. The SMILES string of the molecule is C=CC(=O)N1CCN(c2nc(=O)n(-c3c(C)ccnc3C(CF)CF)c3nc(-c4ccccc4C=C)c(Cl)cc23)[C@@H](C)C1. The molecule has 43 heavy (non-hydrogen) atoms. The molecule has 8 nitrogen and oxygen atoms in total. The molecular weight excluding hydrogens is 574 g/mol. The predicted molar refractivity (Wildman–Crippen MR) is 166 cm³/mol. The van der Waals surface area contributed by atoms with Crippen molar-refractivity contribution in [2.75, 3.05) is 37.9 Å². The number of amides is 1. The van der Waals surface area contributed by atoms with Crippen LogP contribution in [0.3, 0.4) is 0 Å². The molecule has 1 aromatic carbocycles. The molecule has 0 radical (unpaired) electrons. The third-order valence-electron chi connectivity index (χ3n) is 7.76. The lowest BCUT2D eigenvalue weighted by molar-refractivity contribution is -0.126. The Morgan fingerprint density at radius 2 is 1.91 bits per heavy atom. The molecule has 0 aliphatic carbocycles. The molecule has 1 aliphatic heterocycles. The fraction of sp³-hybridized carbons (Fsp3) is 0.281. The van der Waals surface area contributed by atoms with Crippen LogP contribution in [0.25, 0.3) is 34.1 Å². The second kappa shape index (κ2) is 12.4. The van der Waals surface area contributed by atoms with Crippen molar-refractivity contribution in [1.29, 1.82) is 0 Å². The van der Waals surface area contributed by atoms with Crippen LogP contribution in [0.2, 0.25) is 5.02 Å². The molecular formula is C32H31ClF2N6O2. The Kier molecular flexibility index (Phi) is 8.68. The number of carbonyl (C=O) groups is 1. The van der Waals surface area contributed by atoms with E-state index in [1.165, 1.54) is 16.8 Å². The van der Waals surface area contributed by atoms with Gasteiger partial charge < -0.3 is 9.80 Å². The van der Waals surface area contributed by atoms with Crippen molar-refractivity contribution < 1.29 is 13.6 Å². The van der Waals surface area contributed by atoms with Crippen LogP contribution in [0, 0.1) is 6.92 Å². The number of aryl methyl sites for hydroxylation is 1. The number of hydrogen-bond donors (Lipinski definition) is 0. The molecule has 3 aromatic heterocycles. The highest BCUT2D eigenvalue weighted by Gasteiger charge is 2.31.